The second kappa shape index (κ2) is 8.00. The molecule has 0 atom stereocenters. The monoisotopic (exact) mass is 372 g/mol. The van der Waals surface area contributed by atoms with Crippen molar-refractivity contribution >= 4 is 44.6 Å². The van der Waals surface area contributed by atoms with Gasteiger partial charge >= 0.3 is 0 Å². The van der Waals surface area contributed by atoms with Crippen LogP contribution in [0.15, 0.2) is 60.9 Å². The number of nitrogens with zero attached hydrogens (tertiary/aromatic N) is 2. The zero-order chi connectivity index (χ0) is 19.3. The largest absolute Gasteiger partial charge is 0.396 e. The molecule has 0 saturated carbocycles. The summed E-state index contributed by atoms with van der Waals surface area (Å²) in [6.07, 6.45) is 5.44. The molecule has 4 aromatic rings. The summed E-state index contributed by atoms with van der Waals surface area (Å²) in [7, 11) is 0. The third kappa shape index (κ3) is 3.62. The number of hydrogen-bond donors (Lipinski definition) is 4. The molecular weight excluding hydrogens is 348 g/mol. The third-order valence-corrected chi connectivity index (χ3v) is 4.82. The van der Waals surface area contributed by atoms with Gasteiger partial charge in [0.05, 0.1) is 46.2 Å². The van der Waals surface area contributed by atoms with Crippen LogP contribution in [0.1, 0.15) is 12.8 Å². The summed E-state index contributed by atoms with van der Waals surface area (Å²) in [4.78, 5) is 8.75. The average Bonchev–Trinajstić information content (AvgIpc) is 2.73. The second-order valence-corrected chi connectivity index (χ2v) is 6.77. The zero-order valence-corrected chi connectivity index (χ0v) is 15.7. The summed E-state index contributed by atoms with van der Waals surface area (Å²) in [5, 5.41) is 9.04. The molecule has 2 aromatic carbocycles. The first kappa shape index (κ1) is 17.9. The van der Waals surface area contributed by atoms with Gasteiger partial charge in [0.25, 0.3) is 0 Å². The van der Waals surface area contributed by atoms with Gasteiger partial charge in [-0.05, 0) is 25.0 Å². The molecule has 0 unspecified atom stereocenters. The number of benzene rings is 2. The second-order valence-electron chi connectivity index (χ2n) is 6.77. The Bertz CT molecular complexity index is 1020. The van der Waals surface area contributed by atoms with Crippen LogP contribution in [0, 0.1) is 0 Å². The molecule has 2 aromatic heterocycles. The van der Waals surface area contributed by atoms with E-state index in [9.17, 15) is 0 Å². The molecule has 0 amide bonds. The van der Waals surface area contributed by atoms with Crippen LogP contribution in [0.4, 0.5) is 22.7 Å². The van der Waals surface area contributed by atoms with E-state index in [1.165, 1.54) is 0 Å². The fourth-order valence-corrected chi connectivity index (χ4v) is 3.38. The standard InChI is InChI=1S/C22H24N6/c23-17-13-27-19-9-3-1-7-15(19)21(17)25-11-5-6-12-26-22-16-8-2-4-10-20(16)28-14-18(22)24/h1-4,7-10,13-14H,5-6,11-12,23-24H2,(H,25,27)(H,26,28). The number of unbranched alkanes of at least 4 members (excludes halogenated alkanes) is 1. The van der Waals surface area contributed by atoms with Crippen molar-refractivity contribution < 1.29 is 0 Å². The van der Waals surface area contributed by atoms with Crippen molar-refractivity contribution in [3.05, 3.63) is 60.9 Å². The van der Waals surface area contributed by atoms with Gasteiger partial charge in [-0.15, -0.1) is 0 Å². The van der Waals surface area contributed by atoms with Gasteiger partial charge in [-0.1, -0.05) is 36.4 Å². The van der Waals surface area contributed by atoms with Crippen molar-refractivity contribution in [2.75, 3.05) is 35.2 Å². The Labute approximate surface area is 164 Å². The summed E-state index contributed by atoms with van der Waals surface area (Å²) in [6.45, 7) is 1.68. The molecule has 142 valence electrons. The van der Waals surface area contributed by atoms with Crippen LogP contribution in [-0.4, -0.2) is 23.1 Å². The number of rotatable bonds is 7. The molecular formula is C22H24N6. The zero-order valence-electron chi connectivity index (χ0n) is 15.7. The number of para-hydroxylation sites is 2. The summed E-state index contributed by atoms with van der Waals surface area (Å²) in [5.74, 6) is 0. The summed E-state index contributed by atoms with van der Waals surface area (Å²) < 4.78 is 0. The summed E-state index contributed by atoms with van der Waals surface area (Å²) in [5.41, 5.74) is 17.4. The minimum atomic E-state index is 0.674. The first-order valence-electron chi connectivity index (χ1n) is 9.48. The smallest absolute Gasteiger partial charge is 0.0743 e. The lowest BCUT2D eigenvalue weighted by molar-refractivity contribution is 0.797. The quantitative estimate of drug-likeness (QED) is 0.362. The van der Waals surface area contributed by atoms with E-state index in [0.717, 1.165) is 59.1 Å². The van der Waals surface area contributed by atoms with Gasteiger partial charge in [0, 0.05) is 23.9 Å². The lowest BCUT2D eigenvalue weighted by atomic mass is 10.1. The van der Waals surface area contributed by atoms with Crippen molar-refractivity contribution in [3.8, 4) is 0 Å². The highest BCUT2D eigenvalue weighted by Crippen LogP contribution is 2.28. The van der Waals surface area contributed by atoms with Crippen LogP contribution in [0.25, 0.3) is 21.8 Å². The first-order valence-corrected chi connectivity index (χ1v) is 9.48. The van der Waals surface area contributed by atoms with Gasteiger partial charge in [-0.2, -0.15) is 0 Å². The number of fused-ring (bicyclic) bond motifs is 2. The normalized spacial score (nSPS) is 11.0. The first-order chi connectivity index (χ1) is 13.7. The summed E-state index contributed by atoms with van der Waals surface area (Å²) in [6, 6.07) is 16.0. The van der Waals surface area contributed by atoms with Crippen LogP contribution < -0.4 is 22.1 Å². The van der Waals surface area contributed by atoms with Crippen molar-refractivity contribution in [2.24, 2.45) is 0 Å². The number of anilines is 4. The van der Waals surface area contributed by atoms with E-state index < -0.39 is 0 Å². The van der Waals surface area contributed by atoms with Crippen molar-refractivity contribution in [2.45, 2.75) is 12.8 Å². The number of aromatic nitrogens is 2. The lowest BCUT2D eigenvalue weighted by Gasteiger charge is -2.14. The van der Waals surface area contributed by atoms with Gasteiger partial charge in [0.15, 0.2) is 0 Å². The molecule has 0 radical (unpaired) electrons. The van der Waals surface area contributed by atoms with Gasteiger partial charge in [-0.25, -0.2) is 0 Å². The Morgan fingerprint density at radius 2 is 1.07 bits per heavy atom. The van der Waals surface area contributed by atoms with Crippen molar-refractivity contribution in [3.63, 3.8) is 0 Å². The highest BCUT2D eigenvalue weighted by atomic mass is 14.9. The minimum absolute atomic E-state index is 0.674. The Hall–Kier alpha value is -3.54. The van der Waals surface area contributed by atoms with Crippen molar-refractivity contribution in [1.82, 2.24) is 9.97 Å². The molecule has 6 N–H and O–H groups in total. The molecule has 4 rings (SSSR count). The average molecular weight is 372 g/mol. The number of nitrogens with one attached hydrogen (secondary N) is 2. The van der Waals surface area contributed by atoms with E-state index in [1.807, 2.05) is 48.5 Å². The third-order valence-electron chi connectivity index (χ3n) is 4.82. The van der Waals surface area contributed by atoms with Crippen LogP contribution in [-0.2, 0) is 0 Å². The maximum atomic E-state index is 6.12. The molecule has 2 heterocycles. The van der Waals surface area contributed by atoms with Gasteiger partial charge in [0.2, 0.25) is 0 Å². The number of nitrogens with two attached hydrogens (primary N) is 2. The fraction of sp³-hybridized carbons (Fsp3) is 0.182. The Kier molecular flexibility index (Phi) is 5.10. The minimum Gasteiger partial charge on any atom is -0.396 e. The fourth-order valence-electron chi connectivity index (χ4n) is 3.38. The highest BCUT2D eigenvalue weighted by Gasteiger charge is 2.07. The van der Waals surface area contributed by atoms with E-state index >= 15 is 0 Å². The molecule has 28 heavy (non-hydrogen) atoms. The molecule has 0 aliphatic rings. The lowest BCUT2D eigenvalue weighted by Crippen LogP contribution is -2.09. The van der Waals surface area contributed by atoms with Gasteiger partial charge in [-0.3, -0.25) is 9.97 Å². The molecule has 0 aliphatic heterocycles. The van der Waals surface area contributed by atoms with Crippen LogP contribution in [0.2, 0.25) is 0 Å². The van der Waals surface area contributed by atoms with E-state index in [1.54, 1.807) is 12.4 Å². The van der Waals surface area contributed by atoms with Gasteiger partial charge in [0.1, 0.15) is 0 Å². The van der Waals surface area contributed by atoms with Crippen LogP contribution >= 0.6 is 0 Å². The highest BCUT2D eigenvalue weighted by molar-refractivity contribution is 5.97. The Morgan fingerprint density at radius 1 is 0.643 bits per heavy atom. The topological polar surface area (TPSA) is 102 Å². The Morgan fingerprint density at radius 3 is 1.54 bits per heavy atom. The number of nitrogen functional groups attached to an aromatic ring is 2. The number of pyridine rings is 2. The van der Waals surface area contributed by atoms with E-state index in [2.05, 4.69) is 20.6 Å². The molecule has 6 nitrogen and oxygen atoms in total. The van der Waals surface area contributed by atoms with Crippen molar-refractivity contribution in [1.29, 1.82) is 0 Å². The van der Waals surface area contributed by atoms with E-state index in [-0.39, 0.29) is 0 Å². The SMILES string of the molecule is Nc1cnc2ccccc2c1NCCCCNc1c(N)cnc2ccccc12. The molecule has 0 saturated heterocycles. The van der Waals surface area contributed by atoms with Crippen LogP contribution in [0.5, 0.6) is 0 Å². The predicted molar refractivity (Wildman–Crippen MR) is 119 cm³/mol. The maximum absolute atomic E-state index is 6.12. The molecule has 0 fully saturated rings. The molecule has 0 aliphatic carbocycles. The Balaban J connectivity index is 1.33. The van der Waals surface area contributed by atoms with Crippen LogP contribution in [0.3, 0.4) is 0 Å². The van der Waals surface area contributed by atoms with E-state index in [4.69, 9.17) is 11.5 Å². The molecule has 0 spiro atoms. The van der Waals surface area contributed by atoms with Gasteiger partial charge < -0.3 is 22.1 Å². The summed E-state index contributed by atoms with van der Waals surface area (Å²) >= 11 is 0. The number of hydrogen-bond acceptors (Lipinski definition) is 6. The molecule has 0 bridgehead atoms. The maximum Gasteiger partial charge on any atom is 0.0743 e. The molecule has 6 heteroatoms. The predicted octanol–water partition coefficient (Wildman–Crippen LogP) is 4.25. The van der Waals surface area contributed by atoms with E-state index in [0.29, 0.717) is 11.4 Å².